The number of fused-ring (bicyclic) bond motifs is 12. The van der Waals surface area contributed by atoms with Crippen LogP contribution in [0.25, 0.3) is 22.3 Å². The molecule has 100 heavy (non-hydrogen) atoms. The van der Waals surface area contributed by atoms with Gasteiger partial charge >= 0.3 is 0 Å². The molecule has 0 N–H and O–H groups in total. The van der Waals surface area contributed by atoms with Crippen molar-refractivity contribution in [3.8, 4) is 56.8 Å². The molecule has 14 heteroatoms. The fraction of sp³-hybridized carbons (Fsp3) is 0.349. The van der Waals surface area contributed by atoms with E-state index in [1.807, 2.05) is 46.2 Å². The molecule has 0 unspecified atom stereocenters. The molecule has 0 bridgehead atoms. The summed E-state index contributed by atoms with van der Waals surface area (Å²) in [6, 6.07) is 63.8. The highest BCUT2D eigenvalue weighted by atomic mass is 28.4. The number of hydrogen-bond donors (Lipinski definition) is 0. The van der Waals surface area contributed by atoms with Crippen LogP contribution in [0, 0.1) is 0 Å². The third kappa shape index (κ3) is 11.0. The van der Waals surface area contributed by atoms with E-state index in [1.165, 1.54) is 0 Å². The molecule has 0 aromatic heterocycles. The zero-order valence-corrected chi connectivity index (χ0v) is 64.1. The average molecular weight is 1370 g/mol. The molecule has 4 heterocycles. The lowest BCUT2D eigenvalue weighted by Gasteiger charge is -2.45. The van der Waals surface area contributed by atoms with Gasteiger partial charge in [0.25, 0.3) is 28.4 Å². The summed E-state index contributed by atoms with van der Waals surface area (Å²) >= 11 is 0. The van der Waals surface area contributed by atoms with Gasteiger partial charge in [-0.05, 0) is 187 Å². The van der Waals surface area contributed by atoms with Crippen LogP contribution >= 0.6 is 0 Å². The van der Waals surface area contributed by atoms with Gasteiger partial charge in [-0.1, -0.05) is 126 Å². The molecule has 9 aromatic carbocycles. The summed E-state index contributed by atoms with van der Waals surface area (Å²) < 4.78 is 29.3. The van der Waals surface area contributed by atoms with Crippen LogP contribution in [0.5, 0.6) is 34.5 Å². The predicted molar refractivity (Wildman–Crippen MR) is 419 cm³/mol. The monoisotopic (exact) mass is 1370 g/mol. The van der Waals surface area contributed by atoms with Crippen LogP contribution in [0.4, 0.5) is 34.1 Å². The number of nitrogens with zero attached hydrogens (tertiary/aromatic N) is 6. The normalized spacial score (nSPS) is 14.7. The first-order valence-corrected chi connectivity index (χ1v) is 42.2. The van der Waals surface area contributed by atoms with Crippen LogP contribution in [0.1, 0.15) is 151 Å². The molecule has 9 aromatic rings. The smallest absolute Gasteiger partial charge is 0.260 e. The van der Waals surface area contributed by atoms with Gasteiger partial charge in [-0.3, -0.25) is 19.4 Å². The molecule has 2 amide bonds. The summed E-state index contributed by atoms with van der Waals surface area (Å²) in [6.07, 6.45) is 0. The summed E-state index contributed by atoms with van der Waals surface area (Å²) in [7, 11) is -5.04. The highest BCUT2D eigenvalue weighted by Gasteiger charge is 2.59. The van der Waals surface area contributed by atoms with Gasteiger partial charge in [-0.25, -0.2) is 0 Å². The fourth-order valence-electron chi connectivity index (χ4n) is 15.3. The second kappa shape index (κ2) is 26.0. The lowest BCUT2D eigenvalue weighted by molar-refractivity contribution is 0.0977. The number of anilines is 6. The molecule has 2 spiro atoms. The third-order valence-electron chi connectivity index (χ3n) is 22.8. The van der Waals surface area contributed by atoms with E-state index in [1.54, 1.807) is 0 Å². The van der Waals surface area contributed by atoms with Gasteiger partial charge in [-0.2, -0.15) is 0 Å². The van der Waals surface area contributed by atoms with Crippen molar-refractivity contribution in [2.75, 3.05) is 81.8 Å². The van der Waals surface area contributed by atoms with Crippen molar-refractivity contribution in [1.82, 2.24) is 0 Å². The summed E-state index contributed by atoms with van der Waals surface area (Å²) in [5.41, 5.74) is 13.9. The zero-order valence-electron chi connectivity index (χ0n) is 62.1. The Morgan fingerprint density at radius 1 is 0.350 bits per heavy atom. The van der Waals surface area contributed by atoms with Gasteiger partial charge in [0.15, 0.2) is 0 Å². The predicted octanol–water partition coefficient (Wildman–Crippen LogP) is 21.3. The largest absolute Gasteiger partial charge is 0.541 e. The number of carbonyl (C=O) groups is 2. The Hall–Kier alpha value is -9.25. The SMILES string of the molecule is CCN(CC)c1ccc2c(c1)Oc1cc(N(CC)CC)ccc1C21c2ccccc2C(=O)N1c1ccc(-c2cc(O[Si](C)(C)C(C)(C)C)c(O[Si](C)(C)C(C)(C)C)cc2-c2ccc(N3C(=O)c4ccccc4C34c3ccc(N(CC)CC)cc3Oc3cc(N(CC)CC)ccc34)cc2)cc1. The summed E-state index contributed by atoms with van der Waals surface area (Å²) in [5, 5.41) is -0.267. The first-order chi connectivity index (χ1) is 47.8. The van der Waals surface area contributed by atoms with E-state index in [0.29, 0.717) is 22.6 Å². The van der Waals surface area contributed by atoms with Crippen LogP contribution in [-0.4, -0.2) is 80.8 Å². The van der Waals surface area contributed by atoms with E-state index in [4.69, 9.17) is 18.3 Å². The Kier molecular flexibility index (Phi) is 18.0. The van der Waals surface area contributed by atoms with E-state index in [9.17, 15) is 0 Å². The van der Waals surface area contributed by atoms with E-state index < -0.39 is 27.7 Å². The van der Waals surface area contributed by atoms with Crippen LogP contribution in [0.15, 0.2) is 182 Å². The lowest BCUT2D eigenvalue weighted by Crippen LogP contribution is -2.47. The van der Waals surface area contributed by atoms with Gasteiger partial charge < -0.3 is 37.9 Å². The van der Waals surface area contributed by atoms with Crippen LogP contribution in [-0.2, 0) is 11.1 Å². The van der Waals surface area contributed by atoms with Gasteiger partial charge in [0, 0.05) is 155 Å². The standard InChI is InChI=1S/C86H100N6O6Si2/c1-19-87(20-2)61-43-47-71-75(51-61)95-76-52-62(88(21-3)22-4)44-48-72(76)85(71)69-33-29-27-31-65(69)81(93)91(85)59-39-35-57(36-40-59)67-55-79(97-99(15,16)83(9,10)11)80(98-100(17,18)84(12,13)14)56-68(67)58-37-41-60(42-38-58)92-82(94)66-32-28-30-34-70(66)86(92)73-49-45-63(89(23-5)24-6)53-77(73)96-78-54-64(46-50-74(78)86)90(25-7)26-8/h27-56H,19-26H2,1-18H3. The Balaban J connectivity index is 1.01. The molecule has 0 radical (unpaired) electrons. The molecule has 0 saturated carbocycles. The van der Waals surface area contributed by atoms with Gasteiger partial charge in [0.05, 0.1) is 0 Å². The van der Waals surface area contributed by atoms with Crippen molar-refractivity contribution in [1.29, 1.82) is 0 Å². The molecule has 0 atom stereocenters. The van der Waals surface area contributed by atoms with Crippen LogP contribution in [0.2, 0.25) is 36.3 Å². The maximum absolute atomic E-state index is 15.9. The minimum atomic E-state index is -2.52. The minimum Gasteiger partial charge on any atom is -0.541 e. The Morgan fingerprint density at radius 2 is 0.620 bits per heavy atom. The molecule has 518 valence electrons. The minimum absolute atomic E-state index is 0.0939. The highest BCUT2D eigenvalue weighted by molar-refractivity contribution is 6.75. The summed E-state index contributed by atoms with van der Waals surface area (Å²) in [6.45, 7) is 46.9. The third-order valence-corrected chi connectivity index (χ3v) is 31.5. The molecule has 12 nitrogen and oxygen atoms in total. The second-order valence-electron chi connectivity index (χ2n) is 30.1. The Morgan fingerprint density at radius 3 is 0.880 bits per heavy atom. The van der Waals surface area contributed by atoms with Crippen molar-refractivity contribution in [2.45, 2.75) is 144 Å². The Labute approximate surface area is 596 Å². The number of hydrogen-bond acceptors (Lipinski definition) is 10. The van der Waals surface area contributed by atoms with Gasteiger partial charge in [0.1, 0.15) is 45.6 Å². The number of benzene rings is 9. The highest BCUT2D eigenvalue weighted by Crippen LogP contribution is 2.62. The van der Waals surface area contributed by atoms with Gasteiger partial charge in [-0.15, -0.1) is 0 Å². The zero-order chi connectivity index (χ0) is 71.2. The van der Waals surface area contributed by atoms with E-state index in [2.05, 4.69) is 288 Å². The molecule has 0 saturated heterocycles. The molecule has 4 aliphatic heterocycles. The van der Waals surface area contributed by atoms with Gasteiger partial charge in [0.2, 0.25) is 0 Å². The first kappa shape index (κ1) is 69.2. The van der Waals surface area contributed by atoms with Crippen LogP contribution in [0.3, 0.4) is 0 Å². The summed E-state index contributed by atoms with van der Waals surface area (Å²) in [5.74, 6) is 4.09. The second-order valence-corrected chi connectivity index (χ2v) is 39.5. The summed E-state index contributed by atoms with van der Waals surface area (Å²) in [4.78, 5) is 45.1. The van der Waals surface area contributed by atoms with Crippen molar-refractivity contribution >= 4 is 62.6 Å². The van der Waals surface area contributed by atoms with Crippen molar-refractivity contribution < 1.29 is 27.9 Å². The topological polar surface area (TPSA) is 90.5 Å². The number of ether oxygens (including phenoxy) is 2. The molecule has 0 fully saturated rings. The fourth-order valence-corrected chi connectivity index (χ4v) is 17.4. The lowest BCUT2D eigenvalue weighted by atomic mass is 9.74. The molecule has 0 aliphatic carbocycles. The van der Waals surface area contributed by atoms with Crippen molar-refractivity contribution in [3.63, 3.8) is 0 Å². The molecular formula is C86H100N6O6Si2. The maximum Gasteiger partial charge on any atom is 0.260 e. The van der Waals surface area contributed by atoms with E-state index in [-0.39, 0.29) is 21.9 Å². The number of carbonyl (C=O) groups excluding carboxylic acids is 2. The van der Waals surface area contributed by atoms with Crippen molar-refractivity contribution in [3.05, 3.63) is 226 Å². The molecule has 13 rings (SSSR count). The molecule has 4 aliphatic rings. The Bertz CT molecular complexity index is 4200. The van der Waals surface area contributed by atoms with E-state index >= 15 is 9.59 Å². The maximum atomic E-state index is 15.9. The van der Waals surface area contributed by atoms with Crippen molar-refractivity contribution in [2.24, 2.45) is 0 Å². The van der Waals surface area contributed by atoms with E-state index in [0.717, 1.165) is 165 Å². The average Bonchev–Trinajstić information content (AvgIpc) is 1.46. The number of amides is 2. The quantitative estimate of drug-likeness (QED) is 0.0687. The molecular weight excluding hydrogens is 1270 g/mol. The number of rotatable bonds is 20. The first-order valence-electron chi connectivity index (χ1n) is 36.4. The van der Waals surface area contributed by atoms with Crippen LogP contribution < -0.4 is 47.7 Å².